The van der Waals surface area contributed by atoms with Gasteiger partial charge in [-0.2, -0.15) is 0 Å². The van der Waals surface area contributed by atoms with Crippen molar-refractivity contribution in [2.24, 2.45) is 5.92 Å². The molecule has 0 aliphatic heterocycles. The molecule has 0 radical (unpaired) electrons. The number of pyridine rings is 1. The molecule has 0 aromatic carbocycles. The van der Waals surface area contributed by atoms with Crippen molar-refractivity contribution in [1.82, 2.24) is 20.0 Å². The first-order chi connectivity index (χ1) is 12.5. The smallest absolute Gasteiger partial charge is 0.262 e. The van der Waals surface area contributed by atoms with Gasteiger partial charge in [0.2, 0.25) is 5.91 Å². The molecule has 6 nitrogen and oxygen atoms in total. The fraction of sp³-hybridized carbons (Fsp3) is 0.316. The van der Waals surface area contributed by atoms with E-state index < -0.39 is 6.04 Å². The third kappa shape index (κ3) is 4.29. The molecule has 3 aromatic heterocycles. The highest BCUT2D eigenvalue weighted by molar-refractivity contribution is 7.12. The Balaban J connectivity index is 1.55. The Bertz CT molecular complexity index is 853. The molecule has 0 aliphatic rings. The number of fused-ring (bicyclic) bond motifs is 1. The predicted molar refractivity (Wildman–Crippen MR) is 102 cm³/mol. The Morgan fingerprint density at radius 1 is 1.23 bits per heavy atom. The van der Waals surface area contributed by atoms with Gasteiger partial charge < -0.3 is 15.0 Å². The van der Waals surface area contributed by atoms with Crippen LogP contribution < -0.4 is 10.6 Å². The summed E-state index contributed by atoms with van der Waals surface area (Å²) in [5.74, 6) is -0.392. The monoisotopic (exact) mass is 370 g/mol. The molecule has 1 atom stereocenters. The van der Waals surface area contributed by atoms with Gasteiger partial charge in [0.15, 0.2) is 0 Å². The van der Waals surface area contributed by atoms with Gasteiger partial charge in [0, 0.05) is 25.4 Å². The lowest BCUT2D eigenvalue weighted by atomic mass is 10.0. The van der Waals surface area contributed by atoms with Gasteiger partial charge in [0.05, 0.1) is 10.6 Å². The van der Waals surface area contributed by atoms with Gasteiger partial charge in [0.1, 0.15) is 11.7 Å². The van der Waals surface area contributed by atoms with E-state index in [1.807, 2.05) is 60.3 Å². The second-order valence-corrected chi connectivity index (χ2v) is 7.36. The minimum absolute atomic E-state index is 0.00546. The molecule has 0 bridgehead atoms. The zero-order chi connectivity index (χ0) is 18.5. The summed E-state index contributed by atoms with van der Waals surface area (Å²) in [6.07, 6.45) is 4.54. The molecule has 26 heavy (non-hydrogen) atoms. The number of hydrogen-bond acceptors (Lipinski definition) is 4. The molecule has 2 N–H and O–H groups in total. The van der Waals surface area contributed by atoms with E-state index in [1.165, 1.54) is 11.3 Å². The van der Waals surface area contributed by atoms with Crippen LogP contribution in [0.25, 0.3) is 5.65 Å². The van der Waals surface area contributed by atoms with Crippen molar-refractivity contribution in [3.8, 4) is 0 Å². The van der Waals surface area contributed by atoms with Gasteiger partial charge in [0.25, 0.3) is 5.91 Å². The average molecular weight is 370 g/mol. The van der Waals surface area contributed by atoms with Crippen LogP contribution in [-0.4, -0.2) is 33.8 Å². The molecule has 0 fully saturated rings. The van der Waals surface area contributed by atoms with Gasteiger partial charge in [-0.05, 0) is 29.5 Å². The maximum Gasteiger partial charge on any atom is 0.262 e. The minimum Gasteiger partial charge on any atom is -0.354 e. The molecular weight excluding hydrogens is 348 g/mol. The number of nitrogens with zero attached hydrogens (tertiary/aromatic N) is 2. The number of nitrogens with one attached hydrogen (secondary N) is 2. The van der Waals surface area contributed by atoms with Crippen molar-refractivity contribution in [3.05, 3.63) is 58.7 Å². The lowest BCUT2D eigenvalue weighted by Gasteiger charge is -2.21. The zero-order valence-electron chi connectivity index (χ0n) is 14.8. The van der Waals surface area contributed by atoms with Crippen molar-refractivity contribution in [2.45, 2.75) is 26.3 Å². The number of rotatable bonds is 7. The second-order valence-electron chi connectivity index (χ2n) is 6.41. The van der Waals surface area contributed by atoms with Crippen LogP contribution in [0.5, 0.6) is 0 Å². The third-order valence-corrected chi connectivity index (χ3v) is 4.94. The van der Waals surface area contributed by atoms with E-state index >= 15 is 0 Å². The molecule has 3 rings (SSSR count). The summed E-state index contributed by atoms with van der Waals surface area (Å²) in [5, 5.41) is 7.58. The molecule has 0 aliphatic carbocycles. The lowest BCUT2D eigenvalue weighted by Crippen LogP contribution is -2.49. The van der Waals surface area contributed by atoms with Gasteiger partial charge in [-0.3, -0.25) is 9.59 Å². The highest BCUT2D eigenvalue weighted by Crippen LogP contribution is 2.10. The topological polar surface area (TPSA) is 75.5 Å². The summed E-state index contributed by atoms with van der Waals surface area (Å²) in [6, 6.07) is 8.83. The van der Waals surface area contributed by atoms with Gasteiger partial charge in [-0.1, -0.05) is 26.0 Å². The highest BCUT2D eigenvalue weighted by atomic mass is 32.1. The van der Waals surface area contributed by atoms with E-state index in [0.717, 1.165) is 11.3 Å². The largest absolute Gasteiger partial charge is 0.354 e. The van der Waals surface area contributed by atoms with E-state index in [0.29, 0.717) is 17.8 Å². The first-order valence-corrected chi connectivity index (χ1v) is 9.47. The molecule has 0 saturated heterocycles. The number of thiophene rings is 1. The molecule has 2 amide bonds. The summed E-state index contributed by atoms with van der Waals surface area (Å²) in [4.78, 5) is 29.9. The number of aromatic nitrogens is 2. The van der Waals surface area contributed by atoms with Crippen LogP contribution in [0.15, 0.2) is 48.1 Å². The van der Waals surface area contributed by atoms with E-state index in [2.05, 4.69) is 15.6 Å². The third-order valence-electron chi connectivity index (χ3n) is 4.07. The van der Waals surface area contributed by atoms with Crippen molar-refractivity contribution >= 4 is 28.8 Å². The van der Waals surface area contributed by atoms with Crippen LogP contribution in [0.1, 0.15) is 29.2 Å². The van der Waals surface area contributed by atoms with Crippen molar-refractivity contribution < 1.29 is 9.59 Å². The normalized spacial score (nSPS) is 12.3. The SMILES string of the molecule is CC(C)[C@H](NC(=O)c1cccs1)C(=O)NCCc1cn2ccccc2n1. The van der Waals surface area contributed by atoms with E-state index in [4.69, 9.17) is 0 Å². The summed E-state index contributed by atoms with van der Waals surface area (Å²) < 4.78 is 1.95. The standard InChI is InChI=1S/C19H22N4O2S/c1-13(2)17(22-18(24)15-6-5-11-26-15)19(25)20-9-8-14-12-23-10-4-3-7-16(23)21-14/h3-7,10-13,17H,8-9H2,1-2H3,(H,20,25)(H,22,24)/t17-/m0/s1. The Kier molecular flexibility index (Phi) is 5.68. The van der Waals surface area contributed by atoms with Crippen molar-refractivity contribution in [2.75, 3.05) is 6.54 Å². The Labute approximate surface area is 156 Å². The average Bonchev–Trinajstić information content (AvgIpc) is 3.28. The summed E-state index contributed by atoms with van der Waals surface area (Å²) in [7, 11) is 0. The molecule has 136 valence electrons. The van der Waals surface area contributed by atoms with Gasteiger partial charge >= 0.3 is 0 Å². The van der Waals surface area contributed by atoms with E-state index in [9.17, 15) is 9.59 Å². The van der Waals surface area contributed by atoms with Crippen LogP contribution in [-0.2, 0) is 11.2 Å². The number of amides is 2. The molecule has 0 spiro atoms. The lowest BCUT2D eigenvalue weighted by molar-refractivity contribution is -0.123. The van der Waals surface area contributed by atoms with E-state index in [-0.39, 0.29) is 17.7 Å². The summed E-state index contributed by atoms with van der Waals surface area (Å²) >= 11 is 1.36. The fourth-order valence-corrected chi connectivity index (χ4v) is 3.31. The van der Waals surface area contributed by atoms with Crippen molar-refractivity contribution in [1.29, 1.82) is 0 Å². The van der Waals surface area contributed by atoms with Gasteiger partial charge in [-0.15, -0.1) is 11.3 Å². The first kappa shape index (κ1) is 18.1. The molecule has 3 heterocycles. The zero-order valence-corrected chi connectivity index (χ0v) is 15.6. The Morgan fingerprint density at radius 2 is 2.08 bits per heavy atom. The van der Waals surface area contributed by atoms with Crippen LogP contribution in [0.4, 0.5) is 0 Å². The van der Waals surface area contributed by atoms with E-state index in [1.54, 1.807) is 6.07 Å². The molecule has 0 unspecified atom stereocenters. The number of hydrogen-bond donors (Lipinski definition) is 2. The van der Waals surface area contributed by atoms with Crippen LogP contribution in [0.2, 0.25) is 0 Å². The maximum atomic E-state index is 12.5. The number of carbonyl (C=O) groups is 2. The second kappa shape index (κ2) is 8.14. The number of imidazole rings is 1. The molecule has 7 heteroatoms. The van der Waals surface area contributed by atoms with Crippen LogP contribution in [0.3, 0.4) is 0 Å². The van der Waals surface area contributed by atoms with Crippen LogP contribution >= 0.6 is 11.3 Å². The highest BCUT2D eigenvalue weighted by Gasteiger charge is 2.24. The summed E-state index contributed by atoms with van der Waals surface area (Å²) in [5.41, 5.74) is 1.80. The summed E-state index contributed by atoms with van der Waals surface area (Å²) in [6.45, 7) is 4.31. The molecule has 0 saturated carbocycles. The minimum atomic E-state index is -0.564. The molecular formula is C19H22N4O2S. The first-order valence-electron chi connectivity index (χ1n) is 8.59. The van der Waals surface area contributed by atoms with Crippen LogP contribution in [0, 0.1) is 5.92 Å². The Morgan fingerprint density at radius 3 is 2.77 bits per heavy atom. The fourth-order valence-electron chi connectivity index (χ4n) is 2.69. The predicted octanol–water partition coefficient (Wildman–Crippen LogP) is 2.51. The van der Waals surface area contributed by atoms with Gasteiger partial charge in [-0.25, -0.2) is 4.98 Å². The quantitative estimate of drug-likeness (QED) is 0.671. The number of carbonyl (C=O) groups excluding carboxylic acids is 2. The van der Waals surface area contributed by atoms with Crippen molar-refractivity contribution in [3.63, 3.8) is 0 Å². The molecule has 3 aromatic rings. The maximum absolute atomic E-state index is 12.5. The Hall–Kier alpha value is -2.67.